The molecule has 0 unspecified atom stereocenters. The molecule has 0 bridgehead atoms. The maximum atomic E-state index is 12.7. The van der Waals surface area contributed by atoms with E-state index >= 15 is 0 Å². The Labute approximate surface area is 252 Å². The first-order chi connectivity index (χ1) is 21.0. The quantitative estimate of drug-likeness (QED) is 0.213. The van der Waals surface area contributed by atoms with Crippen molar-refractivity contribution in [1.82, 2.24) is 25.4 Å². The third kappa shape index (κ3) is 5.62. The number of morpholine rings is 1. The van der Waals surface area contributed by atoms with Gasteiger partial charge in [0, 0.05) is 29.9 Å². The van der Waals surface area contributed by atoms with Crippen molar-refractivity contribution >= 4 is 34.0 Å². The molecule has 1 saturated heterocycles. The molecular weight excluding hydrogens is 560 g/mol. The lowest BCUT2D eigenvalue weighted by atomic mass is 10.0. The predicted molar refractivity (Wildman–Crippen MR) is 167 cm³/mol. The van der Waals surface area contributed by atoms with Crippen molar-refractivity contribution in [2.45, 2.75) is 26.1 Å². The van der Waals surface area contributed by atoms with Crippen LogP contribution in [0.5, 0.6) is 0 Å². The van der Waals surface area contributed by atoms with E-state index in [-0.39, 0.29) is 12.2 Å². The number of benzene rings is 4. The molecule has 2 aromatic heterocycles. The van der Waals surface area contributed by atoms with Crippen molar-refractivity contribution in [1.29, 1.82) is 0 Å². The molecule has 0 amide bonds. The third-order valence-electron chi connectivity index (χ3n) is 7.40. The van der Waals surface area contributed by atoms with E-state index in [2.05, 4.69) is 87.8 Å². The molecule has 43 heavy (non-hydrogen) atoms. The van der Waals surface area contributed by atoms with Crippen LogP contribution in [0.4, 0.5) is 5.69 Å². The number of anilines is 1. The lowest BCUT2D eigenvalue weighted by molar-refractivity contribution is -0.00522. The molecular formula is C33H28N6O3S. The molecule has 0 spiro atoms. The number of hydrogen-bond donors (Lipinski definition) is 0. The van der Waals surface area contributed by atoms with E-state index in [9.17, 15) is 4.79 Å². The van der Waals surface area contributed by atoms with Crippen molar-refractivity contribution in [3.63, 3.8) is 0 Å². The fraction of sp³-hybridized carbons (Fsp3) is 0.182. The average molecular weight is 589 g/mol. The molecule has 0 N–H and O–H groups in total. The number of hydrogen-bond acceptors (Lipinski definition) is 9. The molecule has 4 aromatic carbocycles. The van der Waals surface area contributed by atoms with E-state index in [1.807, 2.05) is 24.3 Å². The monoisotopic (exact) mass is 588 g/mol. The minimum atomic E-state index is -0.528. The smallest absolute Gasteiger partial charge is 0.365 e. The third-order valence-corrected chi connectivity index (χ3v) is 8.42. The van der Waals surface area contributed by atoms with Crippen LogP contribution in [-0.4, -0.2) is 56.6 Å². The summed E-state index contributed by atoms with van der Waals surface area (Å²) < 4.78 is 5.87. The zero-order valence-electron chi connectivity index (χ0n) is 23.6. The molecule has 1 aliphatic rings. The summed E-state index contributed by atoms with van der Waals surface area (Å²) in [5, 5.41) is 18.3. The summed E-state index contributed by atoms with van der Waals surface area (Å²) in [5.41, 5.74) is 7.06. The molecule has 0 saturated carbocycles. The number of aromatic nitrogens is 5. The Kier molecular flexibility index (Phi) is 7.14. The van der Waals surface area contributed by atoms with Gasteiger partial charge in [0.25, 0.3) is 0 Å². The van der Waals surface area contributed by atoms with E-state index < -0.39 is 5.97 Å². The molecule has 0 radical (unpaired) electrons. The van der Waals surface area contributed by atoms with Crippen LogP contribution in [0.25, 0.3) is 43.3 Å². The average Bonchev–Trinajstić information content (AvgIpc) is 3.69. The van der Waals surface area contributed by atoms with E-state index in [1.54, 1.807) is 24.3 Å². The normalized spacial score (nSPS) is 16.8. The van der Waals surface area contributed by atoms with E-state index in [0.717, 1.165) is 44.6 Å². The highest BCUT2D eigenvalue weighted by molar-refractivity contribution is 7.17. The van der Waals surface area contributed by atoms with Gasteiger partial charge in [0.1, 0.15) is 21.0 Å². The zero-order chi connectivity index (χ0) is 29.3. The lowest BCUT2D eigenvalue weighted by Crippen LogP contribution is -2.45. The van der Waals surface area contributed by atoms with Crippen molar-refractivity contribution < 1.29 is 14.4 Å². The molecule has 10 heteroatoms. The SMILES string of the molecule is C[C@@H]1CN(c2ccc(-c3ccc(-c4nnc(-c5ccc(C(=O)On6nnc7ccccc76)cc5)s4)cc3)cc2)C[C@H](C)O1. The number of carbonyl (C=O) groups excluding carboxylic acids is 1. The fourth-order valence-electron chi connectivity index (χ4n) is 5.31. The van der Waals surface area contributed by atoms with Crippen LogP contribution < -0.4 is 9.74 Å². The highest BCUT2D eigenvalue weighted by atomic mass is 32.1. The number of fused-ring (bicyclic) bond motifs is 1. The molecule has 1 aliphatic heterocycles. The predicted octanol–water partition coefficient (Wildman–Crippen LogP) is 6.17. The second-order valence-corrected chi connectivity index (χ2v) is 11.6. The van der Waals surface area contributed by atoms with Crippen LogP contribution in [0.2, 0.25) is 0 Å². The van der Waals surface area contributed by atoms with Gasteiger partial charge in [-0.3, -0.25) is 0 Å². The number of nitrogens with zero attached hydrogens (tertiary/aromatic N) is 6. The van der Waals surface area contributed by atoms with Crippen LogP contribution in [0.15, 0.2) is 97.1 Å². The molecule has 214 valence electrons. The Morgan fingerprint density at radius 2 is 1.30 bits per heavy atom. The molecule has 2 atom stereocenters. The molecule has 0 aliphatic carbocycles. The Morgan fingerprint density at radius 3 is 1.95 bits per heavy atom. The highest BCUT2D eigenvalue weighted by Gasteiger charge is 2.22. The van der Waals surface area contributed by atoms with Gasteiger partial charge in [-0.15, -0.1) is 15.3 Å². The number of para-hydroxylation sites is 1. The van der Waals surface area contributed by atoms with Crippen molar-refractivity contribution in [2.75, 3.05) is 18.0 Å². The van der Waals surface area contributed by atoms with Crippen LogP contribution in [0, 0.1) is 0 Å². The molecule has 3 heterocycles. The summed E-state index contributed by atoms with van der Waals surface area (Å²) in [5.74, 6) is -0.528. The van der Waals surface area contributed by atoms with Gasteiger partial charge in [-0.2, -0.15) is 0 Å². The van der Waals surface area contributed by atoms with Crippen molar-refractivity contribution in [2.24, 2.45) is 0 Å². The first-order valence-corrected chi connectivity index (χ1v) is 14.9. The van der Waals surface area contributed by atoms with E-state index in [0.29, 0.717) is 16.6 Å². The van der Waals surface area contributed by atoms with Gasteiger partial charge in [0.2, 0.25) is 0 Å². The summed E-state index contributed by atoms with van der Waals surface area (Å²) in [6, 6.07) is 31.5. The van der Waals surface area contributed by atoms with E-state index in [1.165, 1.54) is 22.6 Å². The number of carbonyl (C=O) groups is 1. The van der Waals surface area contributed by atoms with Gasteiger partial charge in [0.15, 0.2) is 0 Å². The molecule has 6 aromatic rings. The van der Waals surface area contributed by atoms with Crippen molar-refractivity contribution in [3.8, 4) is 32.3 Å². The summed E-state index contributed by atoms with van der Waals surface area (Å²) in [6.45, 7) is 6.05. The first kappa shape index (κ1) is 26.9. The summed E-state index contributed by atoms with van der Waals surface area (Å²) >= 11 is 1.50. The Morgan fingerprint density at radius 1 is 0.744 bits per heavy atom. The van der Waals surface area contributed by atoms with Crippen LogP contribution in [-0.2, 0) is 4.74 Å². The minimum absolute atomic E-state index is 0.229. The van der Waals surface area contributed by atoms with E-state index in [4.69, 9.17) is 9.57 Å². The van der Waals surface area contributed by atoms with Gasteiger partial charge in [-0.25, -0.2) is 4.79 Å². The largest absolute Gasteiger partial charge is 0.372 e. The van der Waals surface area contributed by atoms with Gasteiger partial charge in [-0.1, -0.05) is 76.8 Å². The molecule has 7 rings (SSSR count). The highest BCUT2D eigenvalue weighted by Crippen LogP contribution is 2.32. The summed E-state index contributed by atoms with van der Waals surface area (Å²) in [7, 11) is 0. The topological polar surface area (TPSA) is 95.3 Å². The van der Waals surface area contributed by atoms with Crippen LogP contribution in [0.3, 0.4) is 0 Å². The zero-order valence-corrected chi connectivity index (χ0v) is 24.4. The minimum Gasteiger partial charge on any atom is -0.372 e. The molecule has 9 nitrogen and oxygen atoms in total. The van der Waals surface area contributed by atoms with Gasteiger partial charge in [-0.05, 0) is 66.6 Å². The second kappa shape index (κ2) is 11.4. The van der Waals surface area contributed by atoms with Crippen LogP contribution >= 0.6 is 11.3 Å². The maximum Gasteiger partial charge on any atom is 0.365 e. The first-order valence-electron chi connectivity index (χ1n) is 14.1. The number of rotatable bonds is 6. The molecule has 1 fully saturated rings. The van der Waals surface area contributed by atoms with Crippen molar-refractivity contribution in [3.05, 3.63) is 103 Å². The summed E-state index contributed by atoms with van der Waals surface area (Å²) in [4.78, 5) is 21.6. The second-order valence-electron chi connectivity index (χ2n) is 10.6. The fourth-order valence-corrected chi connectivity index (χ4v) is 6.16. The van der Waals surface area contributed by atoms with Gasteiger partial charge >= 0.3 is 5.97 Å². The van der Waals surface area contributed by atoms with Crippen LogP contribution in [0.1, 0.15) is 24.2 Å². The number of ether oxygens (including phenoxy) is 1. The van der Waals surface area contributed by atoms with Gasteiger partial charge in [0.05, 0.1) is 17.8 Å². The maximum absolute atomic E-state index is 12.7. The Hall–Kier alpha value is -4.93. The Bertz CT molecular complexity index is 1870. The van der Waals surface area contributed by atoms with Gasteiger partial charge < -0.3 is 14.5 Å². The standard InChI is InChI=1S/C33H28N6O3S/c1-21-19-38(20-22(2)41-21)28-17-15-24(16-18-28)23-7-9-25(10-8-23)31-35-36-32(43-31)26-11-13-27(14-12-26)33(40)42-39-30-6-4-3-5-29(30)34-37-39/h3-18,21-22H,19-20H2,1-2H3/t21-,22+. The Balaban J connectivity index is 1.01. The summed E-state index contributed by atoms with van der Waals surface area (Å²) in [6.07, 6.45) is 0.458. The lowest BCUT2D eigenvalue weighted by Gasteiger charge is -2.36.